The molecule has 2 saturated carbocycles. The van der Waals surface area contributed by atoms with Gasteiger partial charge >= 0.3 is 17.1 Å². The van der Waals surface area contributed by atoms with E-state index in [9.17, 15) is 18.0 Å². The average Bonchev–Trinajstić information content (AvgIpc) is 3.47. The second-order valence-corrected chi connectivity index (χ2v) is 6.21. The standard InChI is InChI=1S/C20H12F3O.C5H5.Fe/c21-17-11-16(12-18(22)20(17)23)14-8-5-13(6-9-14)7-10-19(24)15-3-1-2-4-15;1-2-4-5-3-1;/h1-12H;1-5H;/q;;+2/b10-7+;;. The van der Waals surface area contributed by atoms with E-state index >= 15 is 0 Å². The molecule has 0 saturated heterocycles. The molecular weight excluding hydrogens is 429 g/mol. The molecular formula is C25H17F3FeO+2. The van der Waals surface area contributed by atoms with Gasteiger partial charge in [0.05, 0.1) is 5.92 Å². The van der Waals surface area contributed by atoms with Gasteiger partial charge in [0.15, 0.2) is 23.2 Å². The molecule has 2 fully saturated rings. The Hall–Kier alpha value is -1.84. The second kappa shape index (κ2) is 12.1. The van der Waals surface area contributed by atoms with Gasteiger partial charge in [-0.1, -0.05) is 30.3 Å². The first-order valence-corrected chi connectivity index (χ1v) is 8.90. The summed E-state index contributed by atoms with van der Waals surface area (Å²) in [5.74, 6) is -3.43. The predicted octanol–water partition coefficient (Wildman–Crippen LogP) is 5.78. The van der Waals surface area contributed by atoms with Crippen molar-refractivity contribution < 1.29 is 35.0 Å². The number of hydrogen-bond donors (Lipinski definition) is 0. The van der Waals surface area contributed by atoms with E-state index < -0.39 is 17.5 Å². The van der Waals surface area contributed by atoms with E-state index in [-0.39, 0.29) is 28.4 Å². The third-order valence-corrected chi connectivity index (χ3v) is 4.16. The quantitative estimate of drug-likeness (QED) is 0.331. The Labute approximate surface area is 187 Å². The van der Waals surface area contributed by atoms with Crippen molar-refractivity contribution in [2.75, 3.05) is 0 Å². The summed E-state index contributed by atoms with van der Waals surface area (Å²) in [6.07, 6.45) is 20.2. The van der Waals surface area contributed by atoms with Crippen LogP contribution in [-0.2, 0) is 21.9 Å². The minimum absolute atomic E-state index is 0. The molecule has 0 amide bonds. The monoisotopic (exact) mass is 446 g/mol. The van der Waals surface area contributed by atoms with Crippen LogP contribution in [0.15, 0.2) is 42.5 Å². The van der Waals surface area contributed by atoms with E-state index in [0.717, 1.165) is 17.7 Å². The predicted molar refractivity (Wildman–Crippen MR) is 108 cm³/mol. The fourth-order valence-electron chi connectivity index (χ4n) is 2.64. The van der Waals surface area contributed by atoms with Crippen molar-refractivity contribution in [3.05, 3.63) is 129 Å². The fourth-order valence-corrected chi connectivity index (χ4v) is 2.64. The molecule has 150 valence electrons. The largest absolute Gasteiger partial charge is 2.00 e. The van der Waals surface area contributed by atoms with Crippen LogP contribution in [0.2, 0.25) is 0 Å². The molecule has 2 aliphatic rings. The van der Waals surface area contributed by atoms with Gasteiger partial charge in [0, 0.05) is 0 Å². The van der Waals surface area contributed by atoms with Crippen LogP contribution in [0, 0.1) is 81.2 Å². The molecule has 0 heterocycles. The maximum atomic E-state index is 13.3. The smallest absolute Gasteiger partial charge is 0.294 e. The van der Waals surface area contributed by atoms with Gasteiger partial charge in [-0.25, -0.2) is 13.2 Å². The van der Waals surface area contributed by atoms with Crippen molar-refractivity contribution in [3.8, 4) is 11.1 Å². The normalized spacial score (nSPS) is 16.2. The molecule has 5 heteroatoms. The SMILES string of the molecule is O=C(/C=C/c1ccc(-c2cc(F)c(F)c(F)c2)cc1)[C]1[CH][CH][CH][CH]1.[CH]1[CH][CH][CH][CH]1.[Fe+2]. The third-order valence-electron chi connectivity index (χ3n) is 4.16. The molecule has 30 heavy (non-hydrogen) atoms. The Kier molecular flexibility index (Phi) is 9.87. The van der Waals surface area contributed by atoms with E-state index in [2.05, 4.69) is 0 Å². The molecule has 0 aromatic heterocycles. The summed E-state index contributed by atoms with van der Waals surface area (Å²) in [5, 5.41) is 0. The maximum Gasteiger partial charge on any atom is 2.00 e. The molecule has 4 rings (SSSR count). The summed E-state index contributed by atoms with van der Waals surface area (Å²) in [6, 6.07) is 8.62. The van der Waals surface area contributed by atoms with Crippen LogP contribution < -0.4 is 0 Å². The van der Waals surface area contributed by atoms with Gasteiger partial charge in [0.2, 0.25) is 0 Å². The van der Waals surface area contributed by atoms with Crippen molar-refractivity contribution in [2.45, 2.75) is 0 Å². The summed E-state index contributed by atoms with van der Waals surface area (Å²) < 4.78 is 39.6. The number of benzene rings is 2. The van der Waals surface area contributed by atoms with Crippen LogP contribution in [0.1, 0.15) is 5.56 Å². The molecule has 2 aliphatic carbocycles. The van der Waals surface area contributed by atoms with Gasteiger partial charge < -0.3 is 0 Å². The Morgan fingerprint density at radius 2 is 1.20 bits per heavy atom. The molecule has 2 aromatic rings. The number of allylic oxidation sites excluding steroid dienone is 1. The summed E-state index contributed by atoms with van der Waals surface area (Å²) in [6.45, 7) is 0. The molecule has 0 spiro atoms. The van der Waals surface area contributed by atoms with Crippen molar-refractivity contribution in [3.63, 3.8) is 0 Å². The van der Waals surface area contributed by atoms with Crippen LogP contribution in [0.5, 0.6) is 0 Å². The Balaban J connectivity index is 0.000000468. The van der Waals surface area contributed by atoms with Crippen molar-refractivity contribution in [2.24, 2.45) is 0 Å². The number of hydrogen-bond acceptors (Lipinski definition) is 1. The summed E-state index contributed by atoms with van der Waals surface area (Å²) >= 11 is 0. The first kappa shape index (κ1) is 24.4. The number of carbonyl (C=O) groups excluding carboxylic acids is 1. The zero-order chi connectivity index (χ0) is 20.6. The maximum absolute atomic E-state index is 13.3. The van der Waals surface area contributed by atoms with Crippen molar-refractivity contribution in [1.82, 2.24) is 0 Å². The van der Waals surface area contributed by atoms with E-state index in [4.69, 9.17) is 0 Å². The molecule has 0 unspecified atom stereocenters. The third kappa shape index (κ3) is 6.85. The van der Waals surface area contributed by atoms with Gasteiger partial charge in [0.25, 0.3) is 0 Å². The average molecular weight is 446 g/mol. The van der Waals surface area contributed by atoms with Crippen LogP contribution in [0.25, 0.3) is 17.2 Å². The van der Waals surface area contributed by atoms with Gasteiger partial charge in [-0.05, 0) is 92.7 Å². The minimum atomic E-state index is -1.48. The molecule has 0 atom stereocenters. The zero-order valence-corrected chi connectivity index (χ0v) is 16.8. The fraction of sp³-hybridized carbons (Fsp3) is 0. The second-order valence-electron chi connectivity index (χ2n) is 6.21. The summed E-state index contributed by atoms with van der Waals surface area (Å²) in [7, 11) is 0. The van der Waals surface area contributed by atoms with Gasteiger partial charge in [-0.3, -0.25) is 4.79 Å². The van der Waals surface area contributed by atoms with Crippen LogP contribution in [0.4, 0.5) is 13.2 Å². The first-order chi connectivity index (χ1) is 14.0. The Morgan fingerprint density at radius 3 is 1.70 bits per heavy atom. The van der Waals surface area contributed by atoms with E-state index in [1.54, 1.807) is 56.0 Å². The summed E-state index contributed by atoms with van der Waals surface area (Å²) in [4.78, 5) is 11.9. The van der Waals surface area contributed by atoms with Crippen molar-refractivity contribution in [1.29, 1.82) is 0 Å². The number of ketones is 1. The van der Waals surface area contributed by atoms with Gasteiger partial charge in [0.1, 0.15) is 0 Å². The molecule has 0 N–H and O–H groups in total. The summed E-state index contributed by atoms with van der Waals surface area (Å²) in [5.41, 5.74) is 1.56. The van der Waals surface area contributed by atoms with Crippen LogP contribution >= 0.6 is 0 Å². The van der Waals surface area contributed by atoms with E-state index in [1.165, 1.54) is 6.08 Å². The molecule has 0 bridgehead atoms. The van der Waals surface area contributed by atoms with Crippen LogP contribution in [0.3, 0.4) is 0 Å². The molecule has 0 aliphatic heterocycles. The minimum Gasteiger partial charge on any atom is -0.294 e. The van der Waals surface area contributed by atoms with Crippen molar-refractivity contribution >= 4 is 11.9 Å². The Bertz CT molecular complexity index is 821. The molecule has 2 aromatic carbocycles. The number of rotatable bonds is 4. The van der Waals surface area contributed by atoms with E-state index in [1.807, 2.05) is 32.1 Å². The van der Waals surface area contributed by atoms with E-state index in [0.29, 0.717) is 11.5 Å². The van der Waals surface area contributed by atoms with Gasteiger partial charge in [-0.15, -0.1) is 0 Å². The first-order valence-electron chi connectivity index (χ1n) is 8.90. The molecule has 1 nitrogen and oxygen atoms in total. The number of halogens is 3. The zero-order valence-electron chi connectivity index (χ0n) is 15.7. The topological polar surface area (TPSA) is 17.1 Å². The number of carbonyl (C=O) groups is 1. The van der Waals surface area contributed by atoms with Gasteiger partial charge in [-0.2, -0.15) is 0 Å². The van der Waals surface area contributed by atoms with Crippen LogP contribution in [-0.4, -0.2) is 5.78 Å². The molecule has 10 radical (unpaired) electrons. The Morgan fingerprint density at radius 1 is 0.700 bits per heavy atom.